The lowest BCUT2D eigenvalue weighted by atomic mass is 10.0. The molecule has 2 N–H and O–H groups in total. The summed E-state index contributed by atoms with van der Waals surface area (Å²) in [7, 11) is -3.41. The minimum absolute atomic E-state index is 0.103. The molecule has 1 heterocycles. The first-order valence-electron chi connectivity index (χ1n) is 7.23. The fraction of sp³-hybridized carbons (Fsp3) is 0.714. The molecule has 1 saturated carbocycles. The highest BCUT2D eigenvalue weighted by Crippen LogP contribution is 2.28. The summed E-state index contributed by atoms with van der Waals surface area (Å²) >= 11 is 1.15. The van der Waals surface area contributed by atoms with Crippen molar-refractivity contribution in [3.8, 4) is 0 Å². The standard InChI is InChI=1S/C14H23NO3S2/c1-11-9-14(19-13(11)10-16)20(17,18)15-8-4-7-12-5-2-3-6-12/h9,12,15-16H,2-8,10H2,1H3. The molecule has 6 heteroatoms. The van der Waals surface area contributed by atoms with Gasteiger partial charge in [-0.1, -0.05) is 25.7 Å². The highest BCUT2D eigenvalue weighted by atomic mass is 32.2. The monoisotopic (exact) mass is 317 g/mol. The van der Waals surface area contributed by atoms with Crippen LogP contribution in [0, 0.1) is 12.8 Å². The molecular formula is C14H23NO3S2. The van der Waals surface area contributed by atoms with Crippen molar-refractivity contribution in [2.45, 2.75) is 56.3 Å². The van der Waals surface area contributed by atoms with Gasteiger partial charge in [0.25, 0.3) is 0 Å². The second kappa shape index (κ2) is 7.02. The first kappa shape index (κ1) is 15.9. The van der Waals surface area contributed by atoms with E-state index in [0.29, 0.717) is 10.8 Å². The Balaban J connectivity index is 1.83. The predicted octanol–water partition coefficient (Wildman–Crippen LogP) is 2.80. The minimum atomic E-state index is -3.41. The molecule has 0 saturated heterocycles. The van der Waals surface area contributed by atoms with Crippen LogP contribution < -0.4 is 4.72 Å². The number of rotatable bonds is 7. The molecule has 1 aliphatic rings. The van der Waals surface area contributed by atoms with Gasteiger partial charge in [0.1, 0.15) is 4.21 Å². The summed E-state index contributed by atoms with van der Waals surface area (Å²) in [5.74, 6) is 0.796. The van der Waals surface area contributed by atoms with Crippen molar-refractivity contribution in [2.75, 3.05) is 6.54 Å². The normalized spacial score (nSPS) is 16.9. The van der Waals surface area contributed by atoms with E-state index in [1.807, 2.05) is 6.92 Å². The summed E-state index contributed by atoms with van der Waals surface area (Å²) in [4.78, 5) is 0.719. The van der Waals surface area contributed by atoms with Crippen LogP contribution >= 0.6 is 11.3 Å². The molecule has 0 radical (unpaired) electrons. The van der Waals surface area contributed by atoms with E-state index in [-0.39, 0.29) is 6.61 Å². The zero-order valence-corrected chi connectivity index (χ0v) is 13.5. The zero-order valence-electron chi connectivity index (χ0n) is 11.9. The summed E-state index contributed by atoms with van der Waals surface area (Å²) in [5.41, 5.74) is 0.837. The van der Waals surface area contributed by atoms with Crippen molar-refractivity contribution in [1.82, 2.24) is 4.72 Å². The van der Waals surface area contributed by atoms with E-state index >= 15 is 0 Å². The SMILES string of the molecule is Cc1cc(S(=O)(=O)NCCCC2CCCC2)sc1CO. The van der Waals surface area contributed by atoms with E-state index < -0.39 is 10.0 Å². The van der Waals surface area contributed by atoms with Crippen molar-refractivity contribution in [2.24, 2.45) is 5.92 Å². The summed E-state index contributed by atoms with van der Waals surface area (Å²) in [5, 5.41) is 9.13. The lowest BCUT2D eigenvalue weighted by Crippen LogP contribution is -2.24. The number of hydrogen-bond acceptors (Lipinski definition) is 4. The molecule has 0 unspecified atom stereocenters. The second-order valence-corrected chi connectivity index (χ2v) is 8.65. The average molecular weight is 317 g/mol. The molecule has 114 valence electrons. The number of thiophene rings is 1. The zero-order chi connectivity index (χ0) is 14.6. The highest BCUT2D eigenvalue weighted by Gasteiger charge is 2.19. The van der Waals surface area contributed by atoms with E-state index in [2.05, 4.69) is 4.72 Å². The largest absolute Gasteiger partial charge is 0.391 e. The molecule has 4 nitrogen and oxygen atoms in total. The molecule has 0 aliphatic heterocycles. The lowest BCUT2D eigenvalue weighted by molar-refractivity contribution is 0.285. The molecule has 0 spiro atoms. The Labute approximate surface area is 125 Å². The van der Waals surface area contributed by atoms with E-state index in [1.54, 1.807) is 6.07 Å². The first-order valence-corrected chi connectivity index (χ1v) is 9.52. The molecule has 20 heavy (non-hydrogen) atoms. The number of hydrogen-bond donors (Lipinski definition) is 2. The van der Waals surface area contributed by atoms with Crippen molar-refractivity contribution >= 4 is 21.4 Å². The van der Waals surface area contributed by atoms with Crippen LogP contribution in [-0.4, -0.2) is 20.1 Å². The van der Waals surface area contributed by atoms with Crippen LogP contribution in [0.3, 0.4) is 0 Å². The van der Waals surface area contributed by atoms with E-state index in [9.17, 15) is 8.42 Å². The Morgan fingerprint density at radius 2 is 2.10 bits per heavy atom. The third-order valence-electron chi connectivity index (χ3n) is 3.96. The Bertz CT molecular complexity index is 531. The van der Waals surface area contributed by atoms with E-state index in [1.165, 1.54) is 25.7 Å². The first-order chi connectivity index (χ1) is 9.53. The van der Waals surface area contributed by atoms with Gasteiger partial charge in [0.2, 0.25) is 10.0 Å². The molecule has 2 rings (SSSR count). The van der Waals surface area contributed by atoms with Crippen LogP contribution in [0.4, 0.5) is 0 Å². The predicted molar refractivity (Wildman–Crippen MR) is 81.4 cm³/mol. The van der Waals surface area contributed by atoms with Gasteiger partial charge in [-0.15, -0.1) is 11.3 Å². The fourth-order valence-electron chi connectivity index (χ4n) is 2.75. The summed E-state index contributed by atoms with van der Waals surface area (Å²) in [6, 6.07) is 1.63. The number of nitrogens with one attached hydrogen (secondary N) is 1. The van der Waals surface area contributed by atoms with Crippen LogP contribution in [0.15, 0.2) is 10.3 Å². The Hall–Kier alpha value is -0.430. The maximum absolute atomic E-state index is 12.1. The molecule has 1 fully saturated rings. The van der Waals surface area contributed by atoms with Gasteiger partial charge in [0.15, 0.2) is 0 Å². The van der Waals surface area contributed by atoms with Crippen molar-refractivity contribution in [3.05, 3.63) is 16.5 Å². The van der Waals surface area contributed by atoms with Gasteiger partial charge in [-0.3, -0.25) is 0 Å². The van der Waals surface area contributed by atoms with Gasteiger partial charge in [-0.2, -0.15) is 0 Å². The summed E-state index contributed by atoms with van der Waals surface area (Å²) in [6.45, 7) is 2.22. The minimum Gasteiger partial charge on any atom is -0.391 e. The van der Waals surface area contributed by atoms with Crippen molar-refractivity contribution in [1.29, 1.82) is 0 Å². The highest BCUT2D eigenvalue weighted by molar-refractivity contribution is 7.91. The third kappa shape index (κ3) is 4.04. The van der Waals surface area contributed by atoms with Gasteiger partial charge in [0.05, 0.1) is 6.61 Å². The average Bonchev–Trinajstić information content (AvgIpc) is 3.04. The number of aryl methyl sites for hydroxylation is 1. The summed E-state index contributed by atoms with van der Waals surface area (Å²) in [6.07, 6.45) is 7.28. The van der Waals surface area contributed by atoms with Crippen LogP contribution in [0.2, 0.25) is 0 Å². The van der Waals surface area contributed by atoms with Crippen molar-refractivity contribution in [3.63, 3.8) is 0 Å². The fourth-order valence-corrected chi connectivity index (χ4v) is 5.31. The van der Waals surface area contributed by atoms with Crippen LogP contribution in [-0.2, 0) is 16.6 Å². The van der Waals surface area contributed by atoms with Crippen LogP contribution in [0.1, 0.15) is 49.0 Å². The quantitative estimate of drug-likeness (QED) is 0.760. The van der Waals surface area contributed by atoms with Gasteiger partial charge < -0.3 is 5.11 Å². The van der Waals surface area contributed by atoms with Gasteiger partial charge in [0, 0.05) is 11.4 Å². The Morgan fingerprint density at radius 3 is 2.70 bits per heavy atom. The third-order valence-corrected chi connectivity index (χ3v) is 7.12. The Kier molecular flexibility index (Phi) is 5.60. The van der Waals surface area contributed by atoms with Gasteiger partial charge >= 0.3 is 0 Å². The Morgan fingerprint density at radius 1 is 1.40 bits per heavy atom. The molecular weight excluding hydrogens is 294 g/mol. The lowest BCUT2D eigenvalue weighted by Gasteiger charge is -2.09. The maximum atomic E-state index is 12.1. The molecule has 1 aromatic heterocycles. The molecule has 0 atom stereocenters. The topological polar surface area (TPSA) is 66.4 Å². The maximum Gasteiger partial charge on any atom is 0.250 e. The molecule has 1 aromatic rings. The van der Waals surface area contributed by atoms with Gasteiger partial charge in [-0.25, -0.2) is 13.1 Å². The van der Waals surface area contributed by atoms with E-state index in [4.69, 9.17) is 5.11 Å². The van der Waals surface area contributed by atoms with Gasteiger partial charge in [-0.05, 0) is 37.3 Å². The smallest absolute Gasteiger partial charge is 0.250 e. The number of aliphatic hydroxyl groups is 1. The number of aliphatic hydroxyl groups excluding tert-OH is 1. The van der Waals surface area contributed by atoms with Crippen molar-refractivity contribution < 1.29 is 13.5 Å². The molecule has 0 bridgehead atoms. The summed E-state index contributed by atoms with van der Waals surface area (Å²) < 4.78 is 27.2. The van der Waals surface area contributed by atoms with Crippen LogP contribution in [0.25, 0.3) is 0 Å². The molecule has 0 aromatic carbocycles. The second-order valence-electron chi connectivity index (χ2n) is 5.52. The molecule has 0 amide bonds. The molecule has 1 aliphatic carbocycles. The number of sulfonamides is 1. The van der Waals surface area contributed by atoms with E-state index in [0.717, 1.165) is 40.5 Å². The van der Waals surface area contributed by atoms with Crippen LogP contribution in [0.5, 0.6) is 0 Å².